The van der Waals surface area contributed by atoms with Crippen molar-refractivity contribution < 1.29 is 0 Å². The van der Waals surface area contributed by atoms with E-state index >= 15 is 0 Å². The highest BCUT2D eigenvalue weighted by Crippen LogP contribution is 2.65. The Morgan fingerprint density at radius 2 is 2.06 bits per heavy atom. The second-order valence-corrected chi connectivity index (χ2v) is 5.66. The zero-order chi connectivity index (χ0) is 11.2. The van der Waals surface area contributed by atoms with E-state index < -0.39 is 0 Å². The first-order chi connectivity index (χ1) is 7.72. The molecule has 0 bridgehead atoms. The molecular weight excluding hydrogens is 194 g/mol. The quantitative estimate of drug-likeness (QED) is 0.734. The van der Waals surface area contributed by atoms with Gasteiger partial charge >= 0.3 is 0 Å². The minimum Gasteiger partial charge on any atom is -0.198 e. The summed E-state index contributed by atoms with van der Waals surface area (Å²) in [6.45, 7) is 2.12. The van der Waals surface area contributed by atoms with Crippen molar-refractivity contribution in [3.8, 4) is 6.07 Å². The van der Waals surface area contributed by atoms with Gasteiger partial charge in [-0.05, 0) is 50.0 Å². The molecule has 0 saturated heterocycles. The van der Waals surface area contributed by atoms with E-state index in [1.165, 1.54) is 30.4 Å². The number of hydrogen-bond acceptors (Lipinski definition) is 1. The van der Waals surface area contributed by atoms with Gasteiger partial charge in [0, 0.05) is 0 Å². The summed E-state index contributed by atoms with van der Waals surface area (Å²) < 4.78 is 0. The lowest BCUT2D eigenvalue weighted by molar-refractivity contribution is 0.463. The molecule has 3 rings (SSSR count). The number of aryl methyl sites for hydroxylation is 1. The van der Waals surface area contributed by atoms with Gasteiger partial charge in [0.1, 0.15) is 0 Å². The lowest BCUT2D eigenvalue weighted by Crippen LogP contribution is -2.04. The summed E-state index contributed by atoms with van der Waals surface area (Å²) in [6.07, 6.45) is 4.76. The average molecular weight is 211 g/mol. The monoisotopic (exact) mass is 211 g/mol. The average Bonchev–Trinajstić information content (AvgIpc) is 2.86. The van der Waals surface area contributed by atoms with E-state index in [2.05, 4.69) is 37.3 Å². The van der Waals surface area contributed by atoms with Gasteiger partial charge in [-0.2, -0.15) is 5.26 Å². The van der Waals surface area contributed by atoms with Crippen molar-refractivity contribution in [3.05, 3.63) is 35.4 Å². The van der Waals surface area contributed by atoms with E-state index in [-0.39, 0.29) is 5.41 Å². The number of nitrogens with zero attached hydrogens (tertiary/aromatic N) is 1. The van der Waals surface area contributed by atoms with Crippen LogP contribution in [0.4, 0.5) is 0 Å². The van der Waals surface area contributed by atoms with Crippen LogP contribution >= 0.6 is 0 Å². The number of benzene rings is 1. The number of nitriles is 1. The molecule has 0 spiro atoms. The van der Waals surface area contributed by atoms with Crippen LogP contribution < -0.4 is 0 Å². The standard InChI is InChI=1S/C15H17N/c1-11-2-4-12(5-3-11)6-13-7-14-9-15(14,8-13)10-16/h2-5,13-14H,6-9H2,1H3. The van der Waals surface area contributed by atoms with Crippen LogP contribution in [0.5, 0.6) is 0 Å². The molecular formula is C15H17N. The molecule has 2 aliphatic carbocycles. The van der Waals surface area contributed by atoms with Gasteiger partial charge in [-0.3, -0.25) is 0 Å². The van der Waals surface area contributed by atoms with Gasteiger partial charge in [-0.15, -0.1) is 0 Å². The third kappa shape index (κ3) is 1.53. The second kappa shape index (κ2) is 3.35. The zero-order valence-corrected chi connectivity index (χ0v) is 9.74. The topological polar surface area (TPSA) is 23.8 Å². The maximum atomic E-state index is 9.14. The summed E-state index contributed by atoms with van der Waals surface area (Å²) in [7, 11) is 0. The van der Waals surface area contributed by atoms with E-state index in [1.807, 2.05) is 0 Å². The van der Waals surface area contributed by atoms with Crippen molar-refractivity contribution in [2.24, 2.45) is 17.3 Å². The molecule has 2 fully saturated rings. The third-order valence-electron chi connectivity index (χ3n) is 4.37. The van der Waals surface area contributed by atoms with Gasteiger partial charge in [0.15, 0.2) is 0 Å². The van der Waals surface area contributed by atoms with Crippen LogP contribution in [0.3, 0.4) is 0 Å². The minimum absolute atomic E-state index is 0.107. The van der Waals surface area contributed by atoms with Crippen molar-refractivity contribution in [1.29, 1.82) is 5.26 Å². The van der Waals surface area contributed by atoms with Gasteiger partial charge in [0.25, 0.3) is 0 Å². The molecule has 2 aliphatic rings. The van der Waals surface area contributed by atoms with Crippen molar-refractivity contribution in [3.63, 3.8) is 0 Å². The van der Waals surface area contributed by atoms with Gasteiger partial charge in [-0.1, -0.05) is 29.8 Å². The Morgan fingerprint density at radius 1 is 1.31 bits per heavy atom. The minimum atomic E-state index is 0.107. The lowest BCUT2D eigenvalue weighted by Gasteiger charge is -2.12. The predicted molar refractivity (Wildman–Crippen MR) is 63.8 cm³/mol. The van der Waals surface area contributed by atoms with Gasteiger partial charge in [0.05, 0.1) is 11.5 Å². The Kier molecular flexibility index (Phi) is 2.07. The molecule has 1 aromatic carbocycles. The van der Waals surface area contributed by atoms with E-state index in [0.29, 0.717) is 0 Å². The summed E-state index contributed by atoms with van der Waals surface area (Å²) in [6, 6.07) is 11.4. The highest BCUT2D eigenvalue weighted by molar-refractivity contribution is 5.25. The maximum Gasteiger partial charge on any atom is 0.0692 e. The van der Waals surface area contributed by atoms with Crippen molar-refractivity contribution in [2.45, 2.75) is 32.6 Å². The molecule has 0 aromatic heterocycles. The SMILES string of the molecule is Cc1ccc(CC2CC3CC3(C#N)C2)cc1. The normalized spacial score (nSPS) is 35.5. The smallest absolute Gasteiger partial charge is 0.0692 e. The summed E-state index contributed by atoms with van der Waals surface area (Å²) >= 11 is 0. The molecule has 1 nitrogen and oxygen atoms in total. The molecule has 0 heterocycles. The molecule has 0 aliphatic heterocycles. The fraction of sp³-hybridized carbons (Fsp3) is 0.533. The number of fused-ring (bicyclic) bond motifs is 1. The Labute approximate surface area is 97.1 Å². The molecule has 1 heteroatoms. The van der Waals surface area contributed by atoms with Gasteiger partial charge < -0.3 is 0 Å². The van der Waals surface area contributed by atoms with Crippen LogP contribution in [-0.4, -0.2) is 0 Å². The van der Waals surface area contributed by atoms with E-state index in [9.17, 15) is 0 Å². The highest BCUT2D eigenvalue weighted by Gasteiger charge is 2.60. The van der Waals surface area contributed by atoms with Crippen molar-refractivity contribution >= 4 is 0 Å². The van der Waals surface area contributed by atoms with Crippen LogP contribution in [-0.2, 0) is 6.42 Å². The first kappa shape index (κ1) is 9.90. The van der Waals surface area contributed by atoms with Crippen LogP contribution in [0, 0.1) is 35.5 Å². The highest BCUT2D eigenvalue weighted by atomic mass is 14.6. The van der Waals surface area contributed by atoms with Crippen LogP contribution in [0.1, 0.15) is 30.4 Å². The summed E-state index contributed by atoms with van der Waals surface area (Å²) in [4.78, 5) is 0. The fourth-order valence-electron chi connectivity index (χ4n) is 3.34. The first-order valence-corrected chi connectivity index (χ1v) is 6.19. The molecule has 0 N–H and O–H groups in total. The molecule has 3 atom stereocenters. The zero-order valence-electron chi connectivity index (χ0n) is 9.74. The lowest BCUT2D eigenvalue weighted by atomic mass is 9.92. The van der Waals surface area contributed by atoms with E-state index in [0.717, 1.165) is 18.3 Å². The predicted octanol–water partition coefficient (Wildman–Crippen LogP) is 3.48. The van der Waals surface area contributed by atoms with Crippen molar-refractivity contribution in [1.82, 2.24) is 0 Å². The van der Waals surface area contributed by atoms with E-state index in [1.54, 1.807) is 0 Å². The maximum absolute atomic E-state index is 9.14. The van der Waals surface area contributed by atoms with Crippen LogP contribution in [0.25, 0.3) is 0 Å². The summed E-state index contributed by atoms with van der Waals surface area (Å²) in [5, 5.41) is 9.14. The first-order valence-electron chi connectivity index (χ1n) is 6.19. The van der Waals surface area contributed by atoms with E-state index in [4.69, 9.17) is 5.26 Å². The fourth-order valence-corrected chi connectivity index (χ4v) is 3.34. The number of hydrogen-bond donors (Lipinski definition) is 0. The molecule has 1 aromatic rings. The summed E-state index contributed by atoms with van der Waals surface area (Å²) in [5.74, 6) is 1.48. The van der Waals surface area contributed by atoms with Crippen molar-refractivity contribution in [2.75, 3.05) is 0 Å². The Morgan fingerprint density at radius 3 is 2.69 bits per heavy atom. The molecule has 2 saturated carbocycles. The largest absolute Gasteiger partial charge is 0.198 e. The third-order valence-corrected chi connectivity index (χ3v) is 4.37. The second-order valence-electron chi connectivity index (χ2n) is 5.66. The summed E-state index contributed by atoms with van der Waals surface area (Å²) in [5.41, 5.74) is 2.87. The molecule has 16 heavy (non-hydrogen) atoms. The Hall–Kier alpha value is -1.29. The molecule has 0 amide bonds. The van der Waals surface area contributed by atoms with Gasteiger partial charge in [-0.25, -0.2) is 0 Å². The van der Waals surface area contributed by atoms with Gasteiger partial charge in [0.2, 0.25) is 0 Å². The molecule has 0 radical (unpaired) electrons. The van der Waals surface area contributed by atoms with Crippen LogP contribution in [0.2, 0.25) is 0 Å². The van der Waals surface area contributed by atoms with Crippen LogP contribution in [0.15, 0.2) is 24.3 Å². The molecule has 82 valence electrons. The Balaban J connectivity index is 1.65. The number of rotatable bonds is 2. The molecule has 3 unspecified atom stereocenters. The Bertz CT molecular complexity index is 439.